The fraction of sp³-hybridized carbons (Fsp3) is 0.375. The summed E-state index contributed by atoms with van der Waals surface area (Å²) in [6.07, 6.45) is 1.82. The zero-order valence-electron chi connectivity index (χ0n) is 11.9. The Hall–Kier alpha value is -2.10. The minimum Gasteiger partial charge on any atom is -0.456 e. The first-order valence-electron chi connectivity index (χ1n) is 6.66. The molecule has 2 rings (SSSR count). The van der Waals surface area contributed by atoms with Crippen LogP contribution in [0.1, 0.15) is 37.6 Å². The molecule has 1 aromatic rings. The number of cyclic esters (lactones) is 1. The number of ketones is 1. The first-order valence-corrected chi connectivity index (χ1v) is 6.66. The highest BCUT2D eigenvalue weighted by Crippen LogP contribution is 2.30. The van der Waals surface area contributed by atoms with Crippen LogP contribution < -0.4 is 0 Å². The number of ether oxygens (including phenoxy) is 2. The van der Waals surface area contributed by atoms with E-state index in [4.69, 9.17) is 9.47 Å². The Labute approximate surface area is 118 Å². The molecule has 1 atom stereocenters. The van der Waals surface area contributed by atoms with Crippen LogP contribution in [0.2, 0.25) is 0 Å². The second-order valence-corrected chi connectivity index (χ2v) is 5.16. The van der Waals surface area contributed by atoms with Crippen molar-refractivity contribution in [3.63, 3.8) is 0 Å². The summed E-state index contributed by atoms with van der Waals surface area (Å²) in [7, 11) is 0. The third-order valence-electron chi connectivity index (χ3n) is 3.10. The molecule has 0 saturated heterocycles. The van der Waals surface area contributed by atoms with E-state index in [-0.39, 0.29) is 5.78 Å². The van der Waals surface area contributed by atoms with Crippen LogP contribution in [0, 0.1) is 5.92 Å². The second kappa shape index (κ2) is 5.49. The zero-order valence-corrected chi connectivity index (χ0v) is 11.9. The summed E-state index contributed by atoms with van der Waals surface area (Å²) >= 11 is 0. The van der Waals surface area contributed by atoms with Gasteiger partial charge in [0.1, 0.15) is 5.76 Å². The van der Waals surface area contributed by atoms with Crippen molar-refractivity contribution in [2.24, 2.45) is 5.92 Å². The van der Waals surface area contributed by atoms with E-state index in [0.29, 0.717) is 17.7 Å². The van der Waals surface area contributed by atoms with E-state index in [1.54, 1.807) is 26.0 Å². The summed E-state index contributed by atoms with van der Waals surface area (Å²) in [5.74, 6) is -1.65. The number of hydrogen-bond acceptors (Lipinski definition) is 4. The van der Waals surface area contributed by atoms with Crippen LogP contribution in [-0.4, -0.2) is 17.5 Å². The van der Waals surface area contributed by atoms with Crippen LogP contribution in [0.25, 0.3) is 0 Å². The van der Waals surface area contributed by atoms with Crippen molar-refractivity contribution in [1.82, 2.24) is 0 Å². The molecule has 1 aromatic carbocycles. The lowest BCUT2D eigenvalue weighted by atomic mass is 9.92. The van der Waals surface area contributed by atoms with Gasteiger partial charge in [-0.1, -0.05) is 37.3 Å². The number of carbonyl (C=O) groups is 2. The summed E-state index contributed by atoms with van der Waals surface area (Å²) < 4.78 is 10.7. The van der Waals surface area contributed by atoms with Crippen LogP contribution in [0.3, 0.4) is 0 Å². The Kier molecular flexibility index (Phi) is 3.93. The van der Waals surface area contributed by atoms with Crippen molar-refractivity contribution in [2.75, 3.05) is 0 Å². The van der Waals surface area contributed by atoms with Crippen molar-refractivity contribution in [2.45, 2.75) is 33.0 Å². The molecule has 1 aliphatic rings. The first-order chi connectivity index (χ1) is 9.43. The molecule has 0 aliphatic carbocycles. The molecular formula is C16H18O4. The number of benzene rings is 1. The van der Waals surface area contributed by atoms with E-state index in [1.807, 2.05) is 25.1 Å². The second-order valence-electron chi connectivity index (χ2n) is 5.16. The van der Waals surface area contributed by atoms with Gasteiger partial charge in [-0.25, -0.2) is 4.79 Å². The van der Waals surface area contributed by atoms with E-state index in [9.17, 15) is 9.59 Å². The van der Waals surface area contributed by atoms with Crippen LogP contribution in [-0.2, 0) is 14.3 Å². The molecule has 0 fully saturated rings. The minimum atomic E-state index is -1.04. The van der Waals surface area contributed by atoms with Crippen molar-refractivity contribution in [3.05, 3.63) is 47.7 Å². The lowest BCUT2D eigenvalue weighted by Crippen LogP contribution is -2.37. The quantitative estimate of drug-likeness (QED) is 0.625. The third kappa shape index (κ3) is 3.07. The summed E-state index contributed by atoms with van der Waals surface area (Å²) in [6.45, 7) is 5.19. The highest BCUT2D eigenvalue weighted by Gasteiger charge is 2.35. The largest absolute Gasteiger partial charge is 0.456 e. The molecule has 0 spiro atoms. The van der Waals surface area contributed by atoms with Crippen molar-refractivity contribution >= 4 is 11.8 Å². The molecular weight excluding hydrogens is 256 g/mol. The van der Waals surface area contributed by atoms with Gasteiger partial charge in [0, 0.05) is 19.4 Å². The fourth-order valence-corrected chi connectivity index (χ4v) is 2.21. The van der Waals surface area contributed by atoms with E-state index >= 15 is 0 Å². The van der Waals surface area contributed by atoms with Gasteiger partial charge in [0.15, 0.2) is 5.78 Å². The van der Waals surface area contributed by atoms with E-state index < -0.39 is 17.7 Å². The Balaban J connectivity index is 2.29. The lowest BCUT2D eigenvalue weighted by Gasteiger charge is -2.33. The van der Waals surface area contributed by atoms with Crippen LogP contribution in [0.15, 0.2) is 42.2 Å². The fourth-order valence-electron chi connectivity index (χ4n) is 2.21. The monoisotopic (exact) mass is 274 g/mol. The molecule has 0 amide bonds. The van der Waals surface area contributed by atoms with Gasteiger partial charge in [-0.3, -0.25) is 4.79 Å². The van der Waals surface area contributed by atoms with Gasteiger partial charge in [-0.15, -0.1) is 0 Å². The smallest absolute Gasteiger partial charge is 0.337 e. The molecule has 106 valence electrons. The van der Waals surface area contributed by atoms with Crippen molar-refractivity contribution in [1.29, 1.82) is 0 Å². The molecule has 1 unspecified atom stereocenters. The van der Waals surface area contributed by atoms with E-state index in [0.717, 1.165) is 0 Å². The number of rotatable bonds is 4. The molecule has 1 aliphatic heterocycles. The summed E-state index contributed by atoms with van der Waals surface area (Å²) in [5, 5.41) is 0. The van der Waals surface area contributed by atoms with E-state index in [1.165, 1.54) is 6.08 Å². The molecule has 0 radical (unpaired) electrons. The molecule has 0 N–H and O–H groups in total. The minimum absolute atomic E-state index is 0.0511. The number of Topliss-reactive ketones (excluding diaryl/α,β-unsaturated/α-hetero) is 1. The Morgan fingerprint density at radius 1 is 1.20 bits per heavy atom. The maximum atomic E-state index is 12.5. The van der Waals surface area contributed by atoms with Gasteiger partial charge >= 0.3 is 5.97 Å². The van der Waals surface area contributed by atoms with Crippen LogP contribution >= 0.6 is 0 Å². The number of hydrogen-bond donors (Lipinski definition) is 0. The average Bonchev–Trinajstić information content (AvgIpc) is 2.38. The molecule has 20 heavy (non-hydrogen) atoms. The molecule has 4 nitrogen and oxygen atoms in total. The van der Waals surface area contributed by atoms with E-state index in [2.05, 4.69) is 0 Å². The van der Waals surface area contributed by atoms with Gasteiger partial charge in [-0.05, 0) is 6.42 Å². The maximum absolute atomic E-state index is 12.5. The van der Waals surface area contributed by atoms with Gasteiger partial charge < -0.3 is 9.47 Å². The Bertz CT molecular complexity index is 543. The lowest BCUT2D eigenvalue weighted by molar-refractivity contribution is -0.207. The highest BCUT2D eigenvalue weighted by molar-refractivity contribution is 6.00. The Morgan fingerprint density at radius 2 is 1.85 bits per heavy atom. The number of allylic oxidation sites excluding steroid dienone is 1. The maximum Gasteiger partial charge on any atom is 0.337 e. The zero-order chi connectivity index (χ0) is 14.8. The predicted octanol–water partition coefficient (Wildman–Crippen LogP) is 3.09. The van der Waals surface area contributed by atoms with Crippen molar-refractivity contribution in [3.8, 4) is 0 Å². The number of carbonyl (C=O) groups excluding carboxylic acids is 2. The van der Waals surface area contributed by atoms with Gasteiger partial charge in [0.2, 0.25) is 5.79 Å². The van der Waals surface area contributed by atoms with Gasteiger partial charge in [0.25, 0.3) is 0 Å². The highest BCUT2D eigenvalue weighted by atomic mass is 16.7. The molecule has 0 aromatic heterocycles. The van der Waals surface area contributed by atoms with Crippen LogP contribution in [0.4, 0.5) is 0 Å². The average molecular weight is 274 g/mol. The molecule has 0 bridgehead atoms. The topological polar surface area (TPSA) is 52.6 Å². The predicted molar refractivity (Wildman–Crippen MR) is 73.9 cm³/mol. The SMILES string of the molecule is CCC(C(=O)c1ccccc1)C1=CC(=O)OC(C)(C)O1. The summed E-state index contributed by atoms with van der Waals surface area (Å²) in [6, 6.07) is 9.01. The third-order valence-corrected chi connectivity index (χ3v) is 3.10. The molecule has 1 heterocycles. The van der Waals surface area contributed by atoms with Gasteiger partial charge in [0.05, 0.1) is 12.0 Å². The molecule has 4 heteroatoms. The standard InChI is InChI=1S/C16H18O4/c1-4-12(15(18)11-8-6-5-7-9-11)13-10-14(17)20-16(2,3)19-13/h5-10,12H,4H2,1-3H3. The van der Waals surface area contributed by atoms with Crippen LogP contribution in [0.5, 0.6) is 0 Å². The normalized spacial score (nSPS) is 18.6. The summed E-state index contributed by atoms with van der Waals surface area (Å²) in [5.41, 5.74) is 0.612. The summed E-state index contributed by atoms with van der Waals surface area (Å²) in [4.78, 5) is 24.1. The molecule has 0 saturated carbocycles. The Morgan fingerprint density at radius 3 is 2.40 bits per heavy atom. The van der Waals surface area contributed by atoms with Gasteiger partial charge in [-0.2, -0.15) is 0 Å². The first kappa shape index (κ1) is 14.3. The number of esters is 1. The van der Waals surface area contributed by atoms with Crippen molar-refractivity contribution < 1.29 is 19.1 Å².